The number of carbonyl (C=O) groups excluding carboxylic acids is 3. The molecule has 5 aromatic rings. The molecule has 1 aliphatic heterocycles. The van der Waals surface area contributed by atoms with Gasteiger partial charge in [0.1, 0.15) is 12.1 Å². The number of aromatic nitrogens is 1. The lowest BCUT2D eigenvalue weighted by Crippen LogP contribution is -2.69. The predicted octanol–water partition coefficient (Wildman–Crippen LogP) is 7.76. The molecule has 256 valence electrons. The molecule has 0 bridgehead atoms. The number of amides is 1. The van der Waals surface area contributed by atoms with Gasteiger partial charge >= 0.3 is 12.4 Å². The molecular formula is C38H29F6N3O3. The van der Waals surface area contributed by atoms with Crippen LogP contribution in [0.5, 0.6) is 0 Å². The molecule has 3 atom stereocenters. The number of piperazine rings is 1. The van der Waals surface area contributed by atoms with Crippen molar-refractivity contribution >= 4 is 34.5 Å². The fourth-order valence-corrected chi connectivity index (χ4v) is 6.45. The Balaban J connectivity index is 1.52. The normalized spacial score (nSPS) is 18.4. The molecule has 50 heavy (non-hydrogen) atoms. The highest BCUT2D eigenvalue weighted by molar-refractivity contribution is 6.09. The van der Waals surface area contributed by atoms with Gasteiger partial charge in [-0.15, -0.1) is 0 Å². The van der Waals surface area contributed by atoms with E-state index in [1.807, 2.05) is 12.1 Å². The van der Waals surface area contributed by atoms with Gasteiger partial charge in [0.2, 0.25) is 5.91 Å². The van der Waals surface area contributed by atoms with Crippen LogP contribution in [0.3, 0.4) is 0 Å². The SMILES string of the molecule is O=C(c1ccccc1C(F)(F)F)C1CNC(Cc2c[nH]c3ccccc23)C(C(=O)c2ccccc2C(F)(F)F)N1C(=O)/C=C/c1ccccc1. The maximum absolute atomic E-state index is 14.5. The molecule has 0 spiro atoms. The van der Waals surface area contributed by atoms with Crippen molar-refractivity contribution < 1.29 is 40.7 Å². The minimum absolute atomic E-state index is 0.0147. The number of alkyl halides is 6. The van der Waals surface area contributed by atoms with Crippen molar-refractivity contribution in [3.63, 3.8) is 0 Å². The van der Waals surface area contributed by atoms with E-state index >= 15 is 0 Å². The highest BCUT2D eigenvalue weighted by atomic mass is 19.4. The van der Waals surface area contributed by atoms with Gasteiger partial charge in [0.15, 0.2) is 11.6 Å². The van der Waals surface area contributed by atoms with E-state index in [0.717, 1.165) is 58.3 Å². The highest BCUT2D eigenvalue weighted by Crippen LogP contribution is 2.36. The van der Waals surface area contributed by atoms with Gasteiger partial charge in [-0.25, -0.2) is 0 Å². The van der Waals surface area contributed by atoms with Crippen molar-refractivity contribution in [3.05, 3.63) is 149 Å². The second-order valence-corrected chi connectivity index (χ2v) is 11.8. The Hall–Kier alpha value is -5.49. The zero-order valence-electron chi connectivity index (χ0n) is 26.1. The standard InChI is InChI=1S/C38H29F6N3O3/c39-37(40,41)28-15-7-4-13-26(28)35(49)32-22-46-31(20-24-21-45-30-17-9-6-12-25(24)30)34(36(50)27-14-5-8-16-29(27)38(42,43)44)47(32)33(48)19-18-23-10-2-1-3-11-23/h1-19,21,31-32,34,45-46H,20,22H2/b19-18+. The molecule has 4 aromatic carbocycles. The summed E-state index contributed by atoms with van der Waals surface area (Å²) in [6.45, 7) is -0.381. The molecule has 2 N–H and O–H groups in total. The maximum Gasteiger partial charge on any atom is 0.417 e. The summed E-state index contributed by atoms with van der Waals surface area (Å²) in [5.41, 5.74) is -2.01. The number of aromatic amines is 1. The number of carbonyl (C=O) groups is 3. The fraction of sp³-hybridized carbons (Fsp3) is 0.184. The monoisotopic (exact) mass is 689 g/mol. The molecule has 6 nitrogen and oxygen atoms in total. The number of para-hydroxylation sites is 1. The molecule has 1 amide bonds. The van der Waals surface area contributed by atoms with Gasteiger partial charge in [0.05, 0.1) is 11.1 Å². The average molecular weight is 690 g/mol. The summed E-state index contributed by atoms with van der Waals surface area (Å²) in [6, 6.07) is 19.3. The van der Waals surface area contributed by atoms with E-state index in [1.54, 1.807) is 48.7 Å². The zero-order chi connectivity index (χ0) is 35.6. The van der Waals surface area contributed by atoms with Crippen molar-refractivity contribution in [1.82, 2.24) is 15.2 Å². The van der Waals surface area contributed by atoms with Crippen LogP contribution >= 0.6 is 0 Å². The van der Waals surface area contributed by atoms with Crippen molar-refractivity contribution in [1.29, 1.82) is 0 Å². The Morgan fingerprint density at radius 3 is 1.92 bits per heavy atom. The molecule has 0 aliphatic carbocycles. The van der Waals surface area contributed by atoms with E-state index in [1.165, 1.54) is 18.2 Å². The number of ketones is 2. The number of hydrogen-bond acceptors (Lipinski definition) is 4. The lowest BCUT2D eigenvalue weighted by molar-refractivity contribution is -0.138. The first-order valence-corrected chi connectivity index (χ1v) is 15.6. The Morgan fingerprint density at radius 2 is 1.28 bits per heavy atom. The summed E-state index contributed by atoms with van der Waals surface area (Å²) in [6.07, 6.45) is -5.74. The Kier molecular flexibility index (Phi) is 9.48. The molecule has 1 fully saturated rings. The zero-order valence-corrected chi connectivity index (χ0v) is 26.1. The van der Waals surface area contributed by atoms with Crippen LogP contribution in [0, 0.1) is 0 Å². The molecule has 12 heteroatoms. The Morgan fingerprint density at radius 1 is 0.720 bits per heavy atom. The topological polar surface area (TPSA) is 82.3 Å². The maximum atomic E-state index is 14.5. The summed E-state index contributed by atoms with van der Waals surface area (Å²) >= 11 is 0. The highest BCUT2D eigenvalue weighted by Gasteiger charge is 2.49. The quantitative estimate of drug-likeness (QED) is 0.0992. The van der Waals surface area contributed by atoms with Gasteiger partial charge < -0.3 is 15.2 Å². The van der Waals surface area contributed by atoms with Crippen LogP contribution in [0.15, 0.2) is 115 Å². The minimum Gasteiger partial charge on any atom is -0.361 e. The average Bonchev–Trinajstić information content (AvgIpc) is 3.52. The molecule has 3 unspecified atom stereocenters. The number of rotatable bonds is 8. The number of benzene rings is 4. The van der Waals surface area contributed by atoms with Crippen molar-refractivity contribution in [2.24, 2.45) is 0 Å². The summed E-state index contributed by atoms with van der Waals surface area (Å²) in [4.78, 5) is 46.9. The summed E-state index contributed by atoms with van der Waals surface area (Å²) in [7, 11) is 0. The van der Waals surface area contributed by atoms with Gasteiger partial charge in [-0.05, 0) is 41.8 Å². The van der Waals surface area contributed by atoms with Gasteiger partial charge in [0.25, 0.3) is 0 Å². The molecule has 2 heterocycles. The number of H-pyrrole nitrogens is 1. The summed E-state index contributed by atoms with van der Waals surface area (Å²) < 4.78 is 85.1. The lowest BCUT2D eigenvalue weighted by atomic mass is 9.84. The van der Waals surface area contributed by atoms with Crippen LogP contribution in [0.1, 0.15) is 43.0 Å². The van der Waals surface area contributed by atoms with E-state index in [2.05, 4.69) is 10.3 Å². The molecular weight excluding hydrogens is 660 g/mol. The van der Waals surface area contributed by atoms with Crippen LogP contribution < -0.4 is 5.32 Å². The second-order valence-electron chi connectivity index (χ2n) is 11.8. The van der Waals surface area contributed by atoms with E-state index in [0.29, 0.717) is 11.1 Å². The summed E-state index contributed by atoms with van der Waals surface area (Å²) in [5.74, 6) is -3.19. The smallest absolute Gasteiger partial charge is 0.361 e. The van der Waals surface area contributed by atoms with Crippen molar-refractivity contribution in [2.75, 3.05) is 6.54 Å². The van der Waals surface area contributed by atoms with Crippen LogP contribution in [0.25, 0.3) is 17.0 Å². The first-order valence-electron chi connectivity index (χ1n) is 15.6. The molecule has 6 rings (SSSR count). The second kappa shape index (κ2) is 13.8. The lowest BCUT2D eigenvalue weighted by Gasteiger charge is -2.45. The molecule has 0 saturated carbocycles. The van der Waals surface area contributed by atoms with Gasteiger partial charge in [-0.1, -0.05) is 84.9 Å². The van der Waals surface area contributed by atoms with Gasteiger partial charge in [0, 0.05) is 46.9 Å². The van der Waals surface area contributed by atoms with E-state index in [4.69, 9.17) is 0 Å². The third kappa shape index (κ3) is 6.97. The minimum atomic E-state index is -4.95. The molecule has 0 radical (unpaired) electrons. The van der Waals surface area contributed by atoms with Crippen molar-refractivity contribution in [3.8, 4) is 0 Å². The number of halogens is 6. The number of hydrogen-bond donors (Lipinski definition) is 2. The van der Waals surface area contributed by atoms with Crippen LogP contribution in [0.4, 0.5) is 26.3 Å². The first kappa shape index (κ1) is 34.4. The fourth-order valence-electron chi connectivity index (χ4n) is 6.45. The number of nitrogens with one attached hydrogen (secondary N) is 2. The van der Waals surface area contributed by atoms with Gasteiger partial charge in [-0.2, -0.15) is 26.3 Å². The van der Waals surface area contributed by atoms with E-state index in [-0.39, 0.29) is 13.0 Å². The molecule has 1 aliphatic rings. The predicted molar refractivity (Wildman–Crippen MR) is 175 cm³/mol. The van der Waals surface area contributed by atoms with Crippen LogP contribution in [0.2, 0.25) is 0 Å². The third-order valence-corrected chi connectivity index (χ3v) is 8.74. The van der Waals surface area contributed by atoms with E-state index < -0.39 is 70.2 Å². The number of fused-ring (bicyclic) bond motifs is 1. The largest absolute Gasteiger partial charge is 0.417 e. The first-order chi connectivity index (χ1) is 23.8. The van der Waals surface area contributed by atoms with Crippen LogP contribution in [-0.4, -0.2) is 52.0 Å². The Bertz CT molecular complexity index is 2070. The number of Topliss-reactive ketones (excluding diaryl/α,β-unsaturated/α-hetero) is 2. The molecule has 1 saturated heterocycles. The molecule has 1 aromatic heterocycles. The van der Waals surface area contributed by atoms with Crippen LogP contribution in [-0.2, 0) is 23.6 Å². The van der Waals surface area contributed by atoms with Gasteiger partial charge in [-0.3, -0.25) is 14.4 Å². The summed E-state index contributed by atoms with van der Waals surface area (Å²) in [5, 5.41) is 3.82. The third-order valence-electron chi connectivity index (χ3n) is 8.74. The van der Waals surface area contributed by atoms with E-state index in [9.17, 15) is 40.7 Å². The Labute approximate surface area is 282 Å². The number of nitrogens with zero attached hydrogens (tertiary/aromatic N) is 1. The van der Waals surface area contributed by atoms with Crippen molar-refractivity contribution in [2.45, 2.75) is 36.9 Å².